The Morgan fingerprint density at radius 2 is 2.00 bits per heavy atom. The molecule has 0 aliphatic heterocycles. The van der Waals surface area contributed by atoms with Gasteiger partial charge in [0, 0.05) is 9.26 Å². The Morgan fingerprint density at radius 1 is 1.37 bits per heavy atom. The number of urea groups is 1. The van der Waals surface area contributed by atoms with Crippen molar-refractivity contribution in [2.24, 2.45) is 0 Å². The zero-order chi connectivity index (χ0) is 14.3. The molecule has 0 heterocycles. The van der Waals surface area contributed by atoms with Gasteiger partial charge >= 0.3 is 12.0 Å². The minimum absolute atomic E-state index is 0.399. The van der Waals surface area contributed by atoms with E-state index in [0.29, 0.717) is 17.9 Å². The van der Waals surface area contributed by atoms with Crippen molar-refractivity contribution in [3.8, 4) is 0 Å². The molecule has 1 aromatic carbocycles. The van der Waals surface area contributed by atoms with E-state index < -0.39 is 18.0 Å². The summed E-state index contributed by atoms with van der Waals surface area (Å²) in [4.78, 5) is 22.7. The first kappa shape index (κ1) is 16.1. The van der Waals surface area contributed by atoms with Gasteiger partial charge in [-0.2, -0.15) is 11.8 Å². The van der Waals surface area contributed by atoms with E-state index >= 15 is 0 Å². The number of halogens is 1. The van der Waals surface area contributed by atoms with Gasteiger partial charge in [-0.3, -0.25) is 0 Å². The van der Waals surface area contributed by atoms with Gasteiger partial charge in [0.1, 0.15) is 6.04 Å². The maximum atomic E-state index is 11.7. The number of amides is 2. The number of hydrogen-bond donors (Lipinski definition) is 3. The predicted molar refractivity (Wildman–Crippen MR) is 85.7 cm³/mol. The highest BCUT2D eigenvalue weighted by Gasteiger charge is 2.19. The van der Waals surface area contributed by atoms with Crippen LogP contribution in [0.4, 0.5) is 10.5 Å². The van der Waals surface area contributed by atoms with Crippen LogP contribution in [0.15, 0.2) is 24.3 Å². The summed E-state index contributed by atoms with van der Waals surface area (Å²) >= 11 is 3.71. The molecule has 0 saturated heterocycles. The maximum Gasteiger partial charge on any atom is 0.326 e. The van der Waals surface area contributed by atoms with Gasteiger partial charge in [0.05, 0.1) is 0 Å². The third-order valence-electron chi connectivity index (χ3n) is 2.32. The lowest BCUT2D eigenvalue weighted by Gasteiger charge is -2.14. The van der Waals surface area contributed by atoms with Crippen LogP contribution in [0.2, 0.25) is 0 Å². The van der Waals surface area contributed by atoms with Crippen LogP contribution >= 0.6 is 34.4 Å². The third kappa shape index (κ3) is 6.15. The number of carbonyl (C=O) groups is 2. The van der Waals surface area contributed by atoms with Gasteiger partial charge in [-0.1, -0.05) is 0 Å². The number of thioether (sulfide) groups is 1. The van der Waals surface area contributed by atoms with Gasteiger partial charge in [0.2, 0.25) is 0 Å². The Labute approximate surface area is 129 Å². The molecule has 1 atom stereocenters. The third-order valence-corrected chi connectivity index (χ3v) is 3.68. The zero-order valence-corrected chi connectivity index (χ0v) is 13.3. The number of hydrogen-bond acceptors (Lipinski definition) is 3. The molecule has 0 aromatic heterocycles. The normalized spacial score (nSPS) is 11.7. The highest BCUT2D eigenvalue weighted by atomic mass is 127. The molecular formula is C12H15IN2O3S. The van der Waals surface area contributed by atoms with Crippen LogP contribution < -0.4 is 10.6 Å². The molecule has 0 spiro atoms. The number of benzene rings is 1. The molecule has 7 heteroatoms. The monoisotopic (exact) mass is 394 g/mol. The standard InChI is InChI=1S/C12H15IN2O3S/c1-19-7-6-10(11(16)17)15-12(18)14-9-4-2-8(13)3-5-9/h2-5,10H,6-7H2,1H3,(H,16,17)(H2,14,15,18)/t10-/m0/s1. The van der Waals surface area contributed by atoms with Crippen molar-refractivity contribution in [3.63, 3.8) is 0 Å². The van der Waals surface area contributed by atoms with Crippen molar-refractivity contribution >= 4 is 52.0 Å². The number of carbonyl (C=O) groups excluding carboxylic acids is 1. The molecule has 0 saturated carbocycles. The smallest absolute Gasteiger partial charge is 0.326 e. The number of carboxylic acids is 1. The number of carboxylic acid groups (broad SMARTS) is 1. The highest BCUT2D eigenvalue weighted by Crippen LogP contribution is 2.11. The maximum absolute atomic E-state index is 11.7. The Balaban J connectivity index is 2.52. The Kier molecular flexibility index (Phi) is 7.00. The van der Waals surface area contributed by atoms with Gasteiger partial charge < -0.3 is 15.7 Å². The van der Waals surface area contributed by atoms with Crippen molar-refractivity contribution in [1.29, 1.82) is 0 Å². The second-order valence-corrected chi connectivity index (χ2v) is 6.01. The molecule has 2 amide bonds. The van der Waals surface area contributed by atoms with Gasteiger partial charge in [0.25, 0.3) is 0 Å². The molecule has 104 valence electrons. The summed E-state index contributed by atoms with van der Waals surface area (Å²) in [5.74, 6) is -0.340. The zero-order valence-electron chi connectivity index (χ0n) is 10.4. The molecule has 3 N–H and O–H groups in total. The minimum Gasteiger partial charge on any atom is -0.480 e. The van der Waals surface area contributed by atoms with Gasteiger partial charge in [-0.15, -0.1) is 0 Å². The number of rotatable bonds is 6. The van der Waals surface area contributed by atoms with Crippen molar-refractivity contribution in [1.82, 2.24) is 5.32 Å². The fourth-order valence-electron chi connectivity index (χ4n) is 1.35. The SMILES string of the molecule is CSCC[C@H](NC(=O)Nc1ccc(I)cc1)C(=O)O. The van der Waals surface area contributed by atoms with E-state index in [9.17, 15) is 9.59 Å². The number of anilines is 1. The highest BCUT2D eigenvalue weighted by molar-refractivity contribution is 14.1. The topological polar surface area (TPSA) is 78.4 Å². The summed E-state index contributed by atoms with van der Waals surface area (Å²) in [6, 6.07) is 5.88. The molecule has 0 aliphatic rings. The molecule has 0 radical (unpaired) electrons. The van der Waals surface area contributed by atoms with E-state index in [4.69, 9.17) is 5.11 Å². The predicted octanol–water partition coefficient (Wildman–Crippen LogP) is 2.62. The summed E-state index contributed by atoms with van der Waals surface area (Å²) in [5.41, 5.74) is 0.631. The first-order valence-corrected chi connectivity index (χ1v) is 8.05. The number of aliphatic carboxylic acids is 1. The van der Waals surface area contributed by atoms with Crippen LogP contribution in [-0.4, -0.2) is 35.2 Å². The fourth-order valence-corrected chi connectivity index (χ4v) is 2.18. The fraction of sp³-hybridized carbons (Fsp3) is 0.333. The molecule has 19 heavy (non-hydrogen) atoms. The van der Waals surface area contributed by atoms with Crippen molar-refractivity contribution < 1.29 is 14.7 Å². The molecule has 5 nitrogen and oxygen atoms in total. The van der Waals surface area contributed by atoms with Crippen LogP contribution in [0.5, 0.6) is 0 Å². The molecule has 0 fully saturated rings. The Bertz CT molecular complexity index is 439. The van der Waals surface area contributed by atoms with Crippen LogP contribution in [-0.2, 0) is 4.79 Å². The molecule has 1 aromatic rings. The summed E-state index contributed by atoms with van der Waals surface area (Å²) in [6.45, 7) is 0. The van der Waals surface area contributed by atoms with E-state index in [2.05, 4.69) is 33.2 Å². The quantitative estimate of drug-likeness (QED) is 0.649. The summed E-state index contributed by atoms with van der Waals surface area (Å²) in [6.07, 6.45) is 2.29. The van der Waals surface area contributed by atoms with Crippen LogP contribution in [0.3, 0.4) is 0 Å². The number of nitrogens with one attached hydrogen (secondary N) is 2. The Hall–Kier alpha value is -0.960. The Morgan fingerprint density at radius 3 is 2.53 bits per heavy atom. The van der Waals surface area contributed by atoms with E-state index in [1.165, 1.54) is 0 Å². The average Bonchev–Trinajstić information content (AvgIpc) is 2.37. The summed E-state index contributed by atoms with van der Waals surface area (Å²) in [7, 11) is 0. The first-order valence-electron chi connectivity index (χ1n) is 5.57. The summed E-state index contributed by atoms with van der Waals surface area (Å²) in [5, 5.41) is 14.1. The second-order valence-electron chi connectivity index (χ2n) is 3.78. The van der Waals surface area contributed by atoms with Crippen molar-refractivity contribution in [2.75, 3.05) is 17.3 Å². The van der Waals surface area contributed by atoms with E-state index in [0.717, 1.165) is 3.57 Å². The molecule has 0 unspecified atom stereocenters. The second kappa shape index (κ2) is 8.26. The molecular weight excluding hydrogens is 379 g/mol. The lowest BCUT2D eigenvalue weighted by molar-refractivity contribution is -0.139. The molecule has 1 rings (SSSR count). The van der Waals surface area contributed by atoms with E-state index in [1.54, 1.807) is 23.9 Å². The van der Waals surface area contributed by atoms with E-state index in [1.807, 2.05) is 18.4 Å². The summed E-state index contributed by atoms with van der Waals surface area (Å²) < 4.78 is 1.06. The largest absolute Gasteiger partial charge is 0.480 e. The average molecular weight is 394 g/mol. The molecule has 0 aliphatic carbocycles. The lowest BCUT2D eigenvalue weighted by atomic mass is 10.2. The minimum atomic E-state index is -1.02. The van der Waals surface area contributed by atoms with E-state index in [-0.39, 0.29) is 0 Å². The van der Waals surface area contributed by atoms with Gasteiger partial charge in [-0.25, -0.2) is 9.59 Å². The van der Waals surface area contributed by atoms with Gasteiger partial charge in [-0.05, 0) is 65.3 Å². The first-order chi connectivity index (χ1) is 9.02. The molecule has 0 bridgehead atoms. The van der Waals surface area contributed by atoms with Crippen LogP contribution in [0, 0.1) is 3.57 Å². The van der Waals surface area contributed by atoms with Crippen LogP contribution in [0.1, 0.15) is 6.42 Å². The van der Waals surface area contributed by atoms with Gasteiger partial charge in [0.15, 0.2) is 0 Å². The van der Waals surface area contributed by atoms with Crippen molar-refractivity contribution in [3.05, 3.63) is 27.8 Å². The van der Waals surface area contributed by atoms with Crippen molar-refractivity contribution in [2.45, 2.75) is 12.5 Å². The van der Waals surface area contributed by atoms with Crippen LogP contribution in [0.25, 0.3) is 0 Å². The lowest BCUT2D eigenvalue weighted by Crippen LogP contribution is -2.43.